The quantitative estimate of drug-likeness (QED) is 0.648. The molecule has 3 aromatic heterocycles. The number of rotatable bonds is 7. The first kappa shape index (κ1) is 15.9. The Kier molecular flexibility index (Phi) is 5.19. The summed E-state index contributed by atoms with van der Waals surface area (Å²) >= 11 is 2.83. The van der Waals surface area contributed by atoms with Crippen molar-refractivity contribution in [1.29, 1.82) is 0 Å². The molecule has 0 saturated heterocycles. The van der Waals surface area contributed by atoms with E-state index in [2.05, 4.69) is 16.5 Å². The molecular formula is C16H17N3O2S2. The molecule has 120 valence electrons. The monoisotopic (exact) mass is 347 g/mol. The average molecular weight is 347 g/mol. The second-order valence-electron chi connectivity index (χ2n) is 5.17. The summed E-state index contributed by atoms with van der Waals surface area (Å²) in [5.74, 6) is -0.0157. The minimum Gasteiger partial charge on any atom is -0.472 e. The van der Waals surface area contributed by atoms with Crippen LogP contribution in [-0.2, 0) is 19.5 Å². The minimum absolute atomic E-state index is 0.0157. The Balaban J connectivity index is 1.83. The highest BCUT2D eigenvalue weighted by molar-refractivity contribution is 7.10. The van der Waals surface area contributed by atoms with Gasteiger partial charge in [0.15, 0.2) is 0 Å². The lowest BCUT2D eigenvalue weighted by atomic mass is 10.2. The fourth-order valence-corrected chi connectivity index (χ4v) is 3.70. The lowest BCUT2D eigenvalue weighted by molar-refractivity contribution is 0.0735. The van der Waals surface area contributed by atoms with Gasteiger partial charge in [0.05, 0.1) is 24.8 Å². The lowest BCUT2D eigenvalue weighted by Gasteiger charge is -2.21. The van der Waals surface area contributed by atoms with E-state index >= 15 is 0 Å². The summed E-state index contributed by atoms with van der Waals surface area (Å²) in [6, 6.07) is 5.92. The van der Waals surface area contributed by atoms with E-state index in [0.29, 0.717) is 18.0 Å². The van der Waals surface area contributed by atoms with Crippen molar-refractivity contribution < 1.29 is 9.21 Å². The van der Waals surface area contributed by atoms with E-state index < -0.39 is 0 Å². The van der Waals surface area contributed by atoms with Crippen molar-refractivity contribution in [3.63, 3.8) is 0 Å². The first-order chi connectivity index (χ1) is 11.3. The zero-order valence-corrected chi connectivity index (χ0v) is 14.4. The highest BCUT2D eigenvalue weighted by Crippen LogP contribution is 2.21. The highest BCUT2D eigenvalue weighted by Gasteiger charge is 2.23. The van der Waals surface area contributed by atoms with Gasteiger partial charge in [-0.15, -0.1) is 16.4 Å². The van der Waals surface area contributed by atoms with Crippen LogP contribution in [0.4, 0.5) is 0 Å². The van der Waals surface area contributed by atoms with Gasteiger partial charge in [0.1, 0.15) is 4.88 Å². The predicted molar refractivity (Wildman–Crippen MR) is 90.5 cm³/mol. The molecule has 23 heavy (non-hydrogen) atoms. The maximum absolute atomic E-state index is 13.0. The molecule has 0 aromatic carbocycles. The van der Waals surface area contributed by atoms with E-state index in [1.807, 2.05) is 28.5 Å². The molecule has 5 nitrogen and oxygen atoms in total. The number of amides is 1. The third-order valence-corrected chi connectivity index (χ3v) is 5.02. The first-order valence-electron chi connectivity index (χ1n) is 7.42. The van der Waals surface area contributed by atoms with Gasteiger partial charge in [-0.05, 0) is 35.5 Å². The van der Waals surface area contributed by atoms with Gasteiger partial charge in [0.2, 0.25) is 0 Å². The Hall–Kier alpha value is -1.99. The van der Waals surface area contributed by atoms with Gasteiger partial charge in [0, 0.05) is 17.0 Å². The molecule has 3 heterocycles. The number of aromatic nitrogens is 2. The molecule has 0 N–H and O–H groups in total. The molecule has 3 aromatic rings. The number of carbonyl (C=O) groups excluding carboxylic acids is 1. The average Bonchev–Trinajstić information content (AvgIpc) is 3.29. The third-order valence-electron chi connectivity index (χ3n) is 3.40. The number of nitrogens with zero attached hydrogens (tertiary/aromatic N) is 3. The summed E-state index contributed by atoms with van der Waals surface area (Å²) in [5.41, 5.74) is 1.77. The van der Waals surface area contributed by atoms with Gasteiger partial charge in [-0.1, -0.05) is 23.9 Å². The van der Waals surface area contributed by atoms with E-state index in [1.165, 1.54) is 11.5 Å². The van der Waals surface area contributed by atoms with Crippen molar-refractivity contribution in [2.24, 2.45) is 0 Å². The molecule has 0 radical (unpaired) electrons. The van der Waals surface area contributed by atoms with Crippen LogP contribution in [-0.4, -0.2) is 20.4 Å². The van der Waals surface area contributed by atoms with Crippen LogP contribution in [0, 0.1) is 0 Å². The van der Waals surface area contributed by atoms with E-state index in [9.17, 15) is 4.79 Å². The summed E-state index contributed by atoms with van der Waals surface area (Å²) in [6.45, 7) is 3.16. The summed E-state index contributed by atoms with van der Waals surface area (Å²) in [5, 5.41) is 6.13. The molecule has 1 amide bonds. The van der Waals surface area contributed by atoms with Gasteiger partial charge in [-0.3, -0.25) is 4.79 Å². The van der Waals surface area contributed by atoms with Crippen molar-refractivity contribution in [2.45, 2.75) is 32.9 Å². The summed E-state index contributed by atoms with van der Waals surface area (Å²) in [6.07, 6.45) is 5.01. The molecule has 0 fully saturated rings. The zero-order valence-electron chi connectivity index (χ0n) is 12.8. The third kappa shape index (κ3) is 3.86. The zero-order chi connectivity index (χ0) is 16.1. The second kappa shape index (κ2) is 7.52. The summed E-state index contributed by atoms with van der Waals surface area (Å²) < 4.78 is 9.09. The Morgan fingerprint density at radius 1 is 1.35 bits per heavy atom. The van der Waals surface area contributed by atoms with Crippen LogP contribution < -0.4 is 0 Å². The normalized spacial score (nSPS) is 10.8. The van der Waals surface area contributed by atoms with Gasteiger partial charge in [0.25, 0.3) is 5.91 Å². The van der Waals surface area contributed by atoms with Crippen LogP contribution in [0.3, 0.4) is 0 Å². The molecule has 0 saturated carbocycles. The number of aryl methyl sites for hydroxylation is 1. The molecule has 0 spiro atoms. The Bertz CT molecular complexity index is 699. The molecule has 0 atom stereocenters. The first-order valence-corrected chi connectivity index (χ1v) is 9.07. The number of hydrogen-bond acceptors (Lipinski definition) is 6. The topological polar surface area (TPSA) is 59.2 Å². The van der Waals surface area contributed by atoms with Gasteiger partial charge >= 0.3 is 0 Å². The smallest absolute Gasteiger partial charge is 0.268 e. The lowest BCUT2D eigenvalue weighted by Crippen LogP contribution is -2.29. The molecule has 7 heteroatoms. The molecule has 3 rings (SSSR count). The molecular weight excluding hydrogens is 330 g/mol. The van der Waals surface area contributed by atoms with Crippen LogP contribution in [0.2, 0.25) is 0 Å². The van der Waals surface area contributed by atoms with Crippen molar-refractivity contribution in [1.82, 2.24) is 14.5 Å². The van der Waals surface area contributed by atoms with E-state index in [-0.39, 0.29) is 5.91 Å². The highest BCUT2D eigenvalue weighted by atomic mass is 32.1. The fourth-order valence-electron chi connectivity index (χ4n) is 2.31. The van der Waals surface area contributed by atoms with Gasteiger partial charge in [-0.2, -0.15) is 0 Å². The largest absolute Gasteiger partial charge is 0.472 e. The van der Waals surface area contributed by atoms with Crippen molar-refractivity contribution in [3.8, 4) is 0 Å². The van der Waals surface area contributed by atoms with Crippen LogP contribution in [0.25, 0.3) is 0 Å². The molecule has 0 aliphatic carbocycles. The Morgan fingerprint density at radius 2 is 2.26 bits per heavy atom. The van der Waals surface area contributed by atoms with Crippen molar-refractivity contribution >= 4 is 28.8 Å². The van der Waals surface area contributed by atoms with Crippen LogP contribution in [0.15, 0.2) is 40.5 Å². The maximum Gasteiger partial charge on any atom is 0.268 e. The predicted octanol–water partition coefficient (Wildman–Crippen LogP) is 3.99. The van der Waals surface area contributed by atoms with Gasteiger partial charge < -0.3 is 9.32 Å². The number of carbonyl (C=O) groups is 1. The summed E-state index contributed by atoms with van der Waals surface area (Å²) in [7, 11) is 0. The SMILES string of the molecule is CCCc1nnsc1C(=O)N(Cc1ccoc1)Cc1cccs1. The molecule has 0 aliphatic rings. The van der Waals surface area contributed by atoms with E-state index in [1.54, 1.807) is 23.9 Å². The second-order valence-corrected chi connectivity index (χ2v) is 6.96. The minimum atomic E-state index is -0.0157. The number of thiophene rings is 1. The Labute approximate surface area is 142 Å². The van der Waals surface area contributed by atoms with E-state index in [0.717, 1.165) is 29.0 Å². The standard InChI is InChI=1S/C16H17N3O2S2/c1-2-4-14-15(23-18-17-14)16(20)19(9-12-6-7-21-11-12)10-13-5-3-8-22-13/h3,5-8,11H,2,4,9-10H2,1H3. The fraction of sp³-hybridized carbons (Fsp3) is 0.312. The molecule has 0 aliphatic heterocycles. The molecule has 0 unspecified atom stereocenters. The van der Waals surface area contributed by atoms with Crippen molar-refractivity contribution in [3.05, 3.63) is 57.1 Å². The van der Waals surface area contributed by atoms with Gasteiger partial charge in [-0.25, -0.2) is 0 Å². The van der Waals surface area contributed by atoms with E-state index in [4.69, 9.17) is 4.42 Å². The van der Waals surface area contributed by atoms with Crippen LogP contribution >= 0.6 is 22.9 Å². The summed E-state index contributed by atoms with van der Waals surface area (Å²) in [4.78, 5) is 16.6. The number of furan rings is 1. The van der Waals surface area contributed by atoms with Crippen LogP contribution in [0.1, 0.15) is 39.2 Å². The van der Waals surface area contributed by atoms with Crippen molar-refractivity contribution in [2.75, 3.05) is 0 Å². The number of hydrogen-bond donors (Lipinski definition) is 0. The Morgan fingerprint density at radius 3 is 2.96 bits per heavy atom. The maximum atomic E-state index is 13.0. The van der Waals surface area contributed by atoms with Crippen LogP contribution in [0.5, 0.6) is 0 Å². The molecule has 0 bridgehead atoms.